The van der Waals surface area contributed by atoms with Gasteiger partial charge in [-0.05, 0) is 0 Å². The van der Waals surface area contributed by atoms with E-state index in [2.05, 4.69) is 67.1 Å². The standard InChI is InChI=1S/C20H24N2O.Au.ClH/c1-14(2)17-9-7-10-18(15(3)4)20(17)21-12-16-8-6-11-19(23-5)22(16)13-21;;/h6-12,14-15H,1-5H3;;1H/q;-1;/p-1. The quantitative estimate of drug-likeness (QED) is 0.385. The molecule has 25 heavy (non-hydrogen) atoms. The Kier molecular flexibility index (Phi) is 5.59. The molecule has 0 saturated carbocycles. The van der Waals surface area contributed by atoms with Gasteiger partial charge in [0.05, 0.1) is 0 Å². The van der Waals surface area contributed by atoms with Crippen LogP contribution in [0.2, 0.25) is 0 Å². The normalized spacial score (nSPS) is 13.2. The van der Waals surface area contributed by atoms with Crippen molar-refractivity contribution in [3.8, 4) is 11.6 Å². The number of nitrogens with zero attached hydrogens (tertiary/aromatic N) is 2. The minimum absolute atomic E-state index is 0.436. The predicted octanol–water partition coefficient (Wildman–Crippen LogP) is 5.75. The van der Waals surface area contributed by atoms with Gasteiger partial charge >= 0.3 is 162 Å². The molecule has 0 bridgehead atoms. The third-order valence-corrected chi connectivity index (χ3v) is 6.64. The summed E-state index contributed by atoms with van der Waals surface area (Å²) in [5, 5.41) is 0. The van der Waals surface area contributed by atoms with E-state index in [4.69, 9.17) is 13.9 Å². The van der Waals surface area contributed by atoms with Gasteiger partial charge in [0, 0.05) is 0 Å². The van der Waals surface area contributed by atoms with Crippen LogP contribution >= 0.6 is 9.19 Å². The zero-order valence-electron chi connectivity index (χ0n) is 15.2. The molecule has 0 aliphatic heterocycles. The van der Waals surface area contributed by atoms with Crippen molar-refractivity contribution in [3.63, 3.8) is 0 Å². The van der Waals surface area contributed by atoms with Gasteiger partial charge in [-0.15, -0.1) is 0 Å². The first kappa shape index (κ1) is 18.5. The molecule has 0 radical (unpaired) electrons. The van der Waals surface area contributed by atoms with Crippen molar-refractivity contribution < 1.29 is 22.9 Å². The molecule has 0 aliphatic carbocycles. The van der Waals surface area contributed by atoms with Gasteiger partial charge < -0.3 is 0 Å². The predicted molar refractivity (Wildman–Crippen MR) is 101 cm³/mol. The number of imidazole rings is 1. The number of pyridine rings is 1. The summed E-state index contributed by atoms with van der Waals surface area (Å²) in [6.45, 7) is 8.98. The summed E-state index contributed by atoms with van der Waals surface area (Å²) in [7, 11) is 8.20. The van der Waals surface area contributed by atoms with Crippen molar-refractivity contribution in [1.29, 1.82) is 0 Å². The molecule has 0 aliphatic rings. The number of para-hydroxylation sites is 1. The Hall–Kier alpha value is -1.26. The van der Waals surface area contributed by atoms with Crippen molar-refractivity contribution in [1.82, 2.24) is 8.97 Å². The number of halogens is 1. The fraction of sp³-hybridized carbons (Fsp3) is 0.350. The number of aromatic nitrogens is 2. The summed E-state index contributed by atoms with van der Waals surface area (Å²) in [5.41, 5.74) is 5.06. The Morgan fingerprint density at radius 1 is 0.960 bits per heavy atom. The van der Waals surface area contributed by atoms with Crippen LogP contribution in [0.25, 0.3) is 11.2 Å². The number of ether oxygens (including phenoxy) is 1. The Bertz CT molecular complexity index is 943. The molecule has 5 heteroatoms. The molecule has 0 fully saturated rings. The van der Waals surface area contributed by atoms with Crippen LogP contribution in [0.1, 0.15) is 50.7 Å². The second kappa shape index (κ2) is 7.55. The molecule has 1 aromatic carbocycles. The summed E-state index contributed by atoms with van der Waals surface area (Å²) in [5.74, 6) is 1.69. The monoisotopic (exact) mass is 540 g/mol. The van der Waals surface area contributed by atoms with E-state index in [-0.39, 0.29) is 0 Å². The topological polar surface area (TPSA) is 18.6 Å². The van der Waals surface area contributed by atoms with Gasteiger partial charge in [-0.2, -0.15) is 0 Å². The second-order valence-electron chi connectivity index (χ2n) is 6.71. The summed E-state index contributed by atoms with van der Waals surface area (Å²) in [6.07, 6.45) is 2.18. The summed E-state index contributed by atoms with van der Waals surface area (Å²) < 4.78 is 11.1. The van der Waals surface area contributed by atoms with Crippen LogP contribution in [0, 0.1) is 3.63 Å². The van der Waals surface area contributed by atoms with Crippen LogP contribution in [0.3, 0.4) is 0 Å². The third-order valence-electron chi connectivity index (χ3n) is 4.44. The molecule has 0 spiro atoms. The fourth-order valence-corrected chi connectivity index (χ4v) is 5.37. The molecule has 3 rings (SSSR count). The van der Waals surface area contributed by atoms with Crippen LogP contribution in [0.15, 0.2) is 42.6 Å². The number of fused-ring (bicyclic) bond motifs is 1. The maximum absolute atomic E-state index is 6.50. The molecule has 2 aromatic heterocycles. The number of hydrogen-bond acceptors (Lipinski definition) is 1. The van der Waals surface area contributed by atoms with Crippen LogP contribution in [0.5, 0.6) is 5.88 Å². The molecule has 140 valence electrons. The first-order valence-electron chi connectivity index (χ1n) is 8.42. The van der Waals surface area contributed by atoms with E-state index in [0.29, 0.717) is 11.8 Å². The van der Waals surface area contributed by atoms with Crippen molar-refractivity contribution in [2.24, 2.45) is 0 Å². The molecular formula is C20H24AuClN2O-2. The Balaban J connectivity index is 2.46. The summed E-state index contributed by atoms with van der Waals surface area (Å²) >= 11 is -0.548. The van der Waals surface area contributed by atoms with E-state index in [9.17, 15) is 0 Å². The third kappa shape index (κ3) is 3.26. The van der Waals surface area contributed by atoms with E-state index in [1.165, 1.54) is 16.8 Å². The Morgan fingerprint density at radius 2 is 1.56 bits per heavy atom. The Morgan fingerprint density at radius 3 is 2.08 bits per heavy atom. The molecule has 3 nitrogen and oxygen atoms in total. The molecular weight excluding hydrogens is 517 g/mol. The molecule has 0 N–H and O–H groups in total. The van der Waals surface area contributed by atoms with Crippen LogP contribution in [-0.4, -0.2) is 16.1 Å². The van der Waals surface area contributed by atoms with Gasteiger partial charge in [-0.1, -0.05) is 0 Å². The number of benzene rings is 1. The van der Waals surface area contributed by atoms with Crippen molar-refractivity contribution in [2.45, 2.75) is 39.5 Å². The first-order chi connectivity index (χ1) is 12.0. The van der Waals surface area contributed by atoms with Crippen LogP contribution in [-0.2, 0) is 18.2 Å². The van der Waals surface area contributed by atoms with Crippen LogP contribution < -0.4 is 4.74 Å². The fourth-order valence-electron chi connectivity index (χ4n) is 3.22. The summed E-state index contributed by atoms with van der Waals surface area (Å²) in [4.78, 5) is 0. The van der Waals surface area contributed by atoms with E-state index >= 15 is 0 Å². The van der Waals surface area contributed by atoms with E-state index in [1.807, 2.05) is 12.1 Å². The van der Waals surface area contributed by atoms with Gasteiger partial charge in [0.2, 0.25) is 0 Å². The van der Waals surface area contributed by atoms with Crippen LogP contribution in [0.4, 0.5) is 0 Å². The number of hydrogen-bond donors (Lipinski definition) is 0. The maximum atomic E-state index is 6.50. The first-order valence-corrected chi connectivity index (χ1v) is 12.2. The van der Waals surface area contributed by atoms with Gasteiger partial charge in [0.15, 0.2) is 0 Å². The number of methoxy groups -OCH3 is 1. The summed E-state index contributed by atoms with van der Waals surface area (Å²) in [6, 6.07) is 12.7. The molecule has 2 heterocycles. The van der Waals surface area contributed by atoms with Gasteiger partial charge in [0.1, 0.15) is 0 Å². The van der Waals surface area contributed by atoms with E-state index < -0.39 is 18.2 Å². The zero-order chi connectivity index (χ0) is 18.1. The Labute approximate surface area is 161 Å². The molecule has 3 aromatic rings. The second-order valence-corrected chi connectivity index (χ2v) is 9.02. The number of rotatable bonds is 4. The van der Waals surface area contributed by atoms with Crippen molar-refractivity contribution >= 4 is 14.7 Å². The molecule has 0 saturated heterocycles. The average molecular weight is 541 g/mol. The minimum atomic E-state index is -0.548. The zero-order valence-corrected chi connectivity index (χ0v) is 18.1. The van der Waals surface area contributed by atoms with Gasteiger partial charge in [0.25, 0.3) is 0 Å². The van der Waals surface area contributed by atoms with Crippen molar-refractivity contribution in [3.05, 3.63) is 57.4 Å². The molecule has 0 amide bonds. The SMILES string of the molecule is COc1cccc2cn(-c3c(C(C)C)cccc3C(C)C)[c](=[Au-2][Cl])n12. The van der Waals surface area contributed by atoms with Gasteiger partial charge in [-0.3, -0.25) is 0 Å². The van der Waals surface area contributed by atoms with E-state index in [1.54, 1.807) is 7.11 Å². The molecule has 0 atom stereocenters. The van der Waals surface area contributed by atoms with E-state index in [0.717, 1.165) is 15.0 Å². The molecule has 0 unspecified atom stereocenters. The van der Waals surface area contributed by atoms with Gasteiger partial charge in [-0.25, -0.2) is 0 Å². The van der Waals surface area contributed by atoms with Crippen molar-refractivity contribution in [2.75, 3.05) is 7.11 Å². The average Bonchev–Trinajstić information content (AvgIpc) is 2.99.